The van der Waals surface area contributed by atoms with Crippen molar-refractivity contribution in [2.75, 3.05) is 39.4 Å². The molecule has 208 valence electrons. The molecule has 1 atom stereocenters. The van der Waals surface area contributed by atoms with Gasteiger partial charge in [-0.3, -0.25) is 14.5 Å². The lowest BCUT2D eigenvalue weighted by Gasteiger charge is -2.29. The van der Waals surface area contributed by atoms with E-state index in [0.29, 0.717) is 37.7 Å². The summed E-state index contributed by atoms with van der Waals surface area (Å²) in [6.07, 6.45) is 0.724. The van der Waals surface area contributed by atoms with Crippen LogP contribution in [0.3, 0.4) is 0 Å². The Kier molecular flexibility index (Phi) is 8.63. The molecule has 0 aromatic heterocycles. The lowest BCUT2D eigenvalue weighted by atomic mass is 9.93. The first-order chi connectivity index (χ1) is 19.4. The second kappa shape index (κ2) is 12.5. The Morgan fingerprint density at radius 2 is 1.68 bits per heavy atom. The number of carbonyl (C=O) groups excluding carboxylic acids is 2. The minimum Gasteiger partial charge on any atom is -0.507 e. The van der Waals surface area contributed by atoms with Gasteiger partial charge < -0.3 is 19.5 Å². The van der Waals surface area contributed by atoms with Crippen LogP contribution in [-0.2, 0) is 20.9 Å². The van der Waals surface area contributed by atoms with Gasteiger partial charge in [0.2, 0.25) is 0 Å². The number of ether oxygens (including phenoxy) is 2. The van der Waals surface area contributed by atoms with Gasteiger partial charge in [-0.25, -0.2) is 0 Å². The Labute approximate surface area is 235 Å². The van der Waals surface area contributed by atoms with Gasteiger partial charge in [0, 0.05) is 31.7 Å². The monoisotopic (exact) mass is 540 g/mol. The highest BCUT2D eigenvalue weighted by Gasteiger charge is 2.46. The van der Waals surface area contributed by atoms with Crippen LogP contribution in [0.25, 0.3) is 5.76 Å². The normalized spacial score (nSPS) is 19.2. The van der Waals surface area contributed by atoms with Crippen LogP contribution >= 0.6 is 0 Å². The number of ketones is 1. The lowest BCUT2D eigenvalue weighted by molar-refractivity contribution is -0.140. The summed E-state index contributed by atoms with van der Waals surface area (Å²) in [4.78, 5) is 30.7. The fraction of sp³-hybridized carbons (Fsp3) is 0.333. The third-order valence-corrected chi connectivity index (χ3v) is 7.61. The average molecular weight is 541 g/mol. The summed E-state index contributed by atoms with van der Waals surface area (Å²) in [7, 11) is 0. The molecule has 2 fully saturated rings. The van der Waals surface area contributed by atoms with Crippen LogP contribution in [0.4, 0.5) is 0 Å². The Morgan fingerprint density at radius 1 is 0.950 bits per heavy atom. The molecular weight excluding hydrogens is 504 g/mol. The summed E-state index contributed by atoms with van der Waals surface area (Å²) in [5.74, 6) is -0.726. The highest BCUT2D eigenvalue weighted by molar-refractivity contribution is 6.46. The van der Waals surface area contributed by atoms with Gasteiger partial charge in [-0.2, -0.15) is 0 Å². The molecule has 2 saturated heterocycles. The van der Waals surface area contributed by atoms with E-state index in [0.717, 1.165) is 48.3 Å². The van der Waals surface area contributed by atoms with Crippen LogP contribution in [0, 0.1) is 13.8 Å². The third-order valence-electron chi connectivity index (χ3n) is 7.61. The lowest BCUT2D eigenvalue weighted by Crippen LogP contribution is -2.38. The van der Waals surface area contributed by atoms with E-state index in [2.05, 4.69) is 4.90 Å². The summed E-state index contributed by atoms with van der Waals surface area (Å²) in [6.45, 7) is 8.67. The maximum atomic E-state index is 13.4. The molecule has 0 radical (unpaired) electrons. The van der Waals surface area contributed by atoms with E-state index in [-0.39, 0.29) is 11.3 Å². The van der Waals surface area contributed by atoms with Crippen LogP contribution in [-0.4, -0.2) is 66.0 Å². The van der Waals surface area contributed by atoms with Crippen LogP contribution in [0.5, 0.6) is 5.75 Å². The van der Waals surface area contributed by atoms with E-state index >= 15 is 0 Å². The average Bonchev–Trinajstić information content (AvgIpc) is 3.22. The van der Waals surface area contributed by atoms with Gasteiger partial charge in [-0.05, 0) is 55.2 Å². The van der Waals surface area contributed by atoms with Crippen LogP contribution < -0.4 is 4.74 Å². The Morgan fingerprint density at radius 3 is 2.38 bits per heavy atom. The molecule has 2 aliphatic heterocycles. The second-order valence-electron chi connectivity index (χ2n) is 10.5. The van der Waals surface area contributed by atoms with Gasteiger partial charge in [0.05, 0.1) is 24.8 Å². The topological polar surface area (TPSA) is 79.3 Å². The number of aliphatic hydroxyl groups is 1. The number of carbonyl (C=O) groups is 2. The summed E-state index contributed by atoms with van der Waals surface area (Å²) in [5.41, 5.74) is 4.33. The van der Waals surface area contributed by atoms with Crippen molar-refractivity contribution < 1.29 is 24.2 Å². The molecule has 0 saturated carbocycles. The van der Waals surface area contributed by atoms with E-state index in [1.54, 1.807) is 17.0 Å². The van der Waals surface area contributed by atoms with E-state index in [4.69, 9.17) is 9.47 Å². The summed E-state index contributed by atoms with van der Waals surface area (Å²) in [6, 6.07) is 22.4. The zero-order chi connectivity index (χ0) is 28.1. The predicted octanol–water partition coefficient (Wildman–Crippen LogP) is 5.03. The van der Waals surface area contributed by atoms with Gasteiger partial charge in [0.15, 0.2) is 0 Å². The number of Topliss-reactive ketones (excluding diaryl/α,β-unsaturated/α-hetero) is 1. The van der Waals surface area contributed by atoms with E-state index in [1.807, 2.05) is 74.5 Å². The molecule has 40 heavy (non-hydrogen) atoms. The summed E-state index contributed by atoms with van der Waals surface area (Å²) in [5, 5.41) is 11.5. The fourth-order valence-corrected chi connectivity index (χ4v) is 5.37. The quantitative estimate of drug-likeness (QED) is 0.233. The van der Waals surface area contributed by atoms with Crippen LogP contribution in [0.2, 0.25) is 0 Å². The number of hydrogen-bond acceptors (Lipinski definition) is 6. The highest BCUT2D eigenvalue weighted by atomic mass is 16.5. The Hall–Kier alpha value is -3.94. The zero-order valence-electron chi connectivity index (χ0n) is 23.1. The number of rotatable bonds is 9. The predicted molar refractivity (Wildman–Crippen MR) is 154 cm³/mol. The number of amides is 1. The minimum absolute atomic E-state index is 0.126. The van der Waals surface area contributed by atoms with Crippen molar-refractivity contribution in [1.82, 2.24) is 9.80 Å². The summed E-state index contributed by atoms with van der Waals surface area (Å²) >= 11 is 0. The number of benzene rings is 3. The molecule has 1 amide bonds. The van der Waals surface area contributed by atoms with Crippen molar-refractivity contribution in [3.05, 3.63) is 106 Å². The fourth-order valence-electron chi connectivity index (χ4n) is 5.37. The molecule has 3 aromatic carbocycles. The SMILES string of the molecule is Cc1ccc(C2C(=C(O)c3ccc(OCc4ccccc4)cc3C)C(=O)C(=O)N2CCCN2CCOCC2)cc1. The number of morpholine rings is 1. The van der Waals surface area contributed by atoms with Gasteiger partial charge in [-0.15, -0.1) is 0 Å². The van der Waals surface area contributed by atoms with Gasteiger partial charge in [-0.1, -0.05) is 60.2 Å². The molecule has 3 aromatic rings. The van der Waals surface area contributed by atoms with Crippen molar-refractivity contribution in [3.63, 3.8) is 0 Å². The first-order valence-electron chi connectivity index (χ1n) is 13.8. The van der Waals surface area contributed by atoms with Crippen molar-refractivity contribution in [2.45, 2.75) is 32.9 Å². The molecule has 1 unspecified atom stereocenters. The molecule has 7 heteroatoms. The number of aryl methyl sites for hydroxylation is 2. The first-order valence-corrected chi connectivity index (χ1v) is 13.8. The number of aliphatic hydroxyl groups excluding tert-OH is 1. The Balaban J connectivity index is 1.42. The van der Waals surface area contributed by atoms with Gasteiger partial charge >= 0.3 is 0 Å². The van der Waals surface area contributed by atoms with Gasteiger partial charge in [0.25, 0.3) is 11.7 Å². The first kappa shape index (κ1) is 27.6. The Bertz CT molecular complexity index is 1380. The van der Waals surface area contributed by atoms with Gasteiger partial charge in [0.1, 0.15) is 18.1 Å². The molecule has 0 aliphatic carbocycles. The second-order valence-corrected chi connectivity index (χ2v) is 10.5. The molecular formula is C33H36N2O5. The summed E-state index contributed by atoms with van der Waals surface area (Å²) < 4.78 is 11.4. The number of likely N-dealkylation sites (tertiary alicyclic amines) is 1. The number of hydrogen-bond donors (Lipinski definition) is 1. The smallest absolute Gasteiger partial charge is 0.295 e. The molecule has 2 heterocycles. The van der Waals surface area contributed by atoms with Crippen molar-refractivity contribution in [2.24, 2.45) is 0 Å². The largest absolute Gasteiger partial charge is 0.507 e. The number of nitrogens with zero attached hydrogens (tertiary/aromatic N) is 2. The third kappa shape index (κ3) is 6.11. The molecule has 2 aliphatic rings. The molecule has 5 rings (SSSR count). The van der Waals surface area contributed by atoms with E-state index < -0.39 is 17.7 Å². The van der Waals surface area contributed by atoms with E-state index in [1.165, 1.54) is 0 Å². The molecule has 7 nitrogen and oxygen atoms in total. The van der Waals surface area contributed by atoms with Crippen LogP contribution in [0.15, 0.2) is 78.4 Å². The van der Waals surface area contributed by atoms with Crippen molar-refractivity contribution in [3.8, 4) is 5.75 Å². The molecule has 0 spiro atoms. The van der Waals surface area contributed by atoms with E-state index in [9.17, 15) is 14.7 Å². The van der Waals surface area contributed by atoms with Crippen molar-refractivity contribution >= 4 is 17.4 Å². The standard InChI is InChI=1S/C33H36N2O5/c1-23-9-11-26(12-10-23)30-29(32(37)33(38)35(30)16-6-15-34-17-19-39-20-18-34)31(36)28-14-13-27(21-24(28)2)40-22-25-7-4-3-5-8-25/h3-5,7-14,21,30,36H,6,15-20,22H2,1-2H3. The maximum absolute atomic E-state index is 13.4. The minimum atomic E-state index is -0.654. The van der Waals surface area contributed by atoms with Crippen molar-refractivity contribution in [1.29, 1.82) is 0 Å². The highest BCUT2D eigenvalue weighted by Crippen LogP contribution is 2.40. The molecule has 0 bridgehead atoms. The van der Waals surface area contributed by atoms with Crippen LogP contribution in [0.1, 0.15) is 40.3 Å². The zero-order valence-corrected chi connectivity index (χ0v) is 23.1. The molecule has 1 N–H and O–H groups in total. The maximum Gasteiger partial charge on any atom is 0.295 e.